The minimum Gasteiger partial charge on any atom is -0.253 e. The number of hydrogen-bond acceptors (Lipinski definition) is 4. The third kappa shape index (κ3) is 4.10. The zero-order valence-corrected chi connectivity index (χ0v) is 15.3. The second kappa shape index (κ2) is 7.55. The first-order valence-corrected chi connectivity index (χ1v) is 8.89. The van der Waals surface area contributed by atoms with E-state index in [1.54, 1.807) is 5.38 Å². The molecule has 0 saturated heterocycles. The highest BCUT2D eigenvalue weighted by Crippen LogP contribution is 2.34. The zero-order valence-electron chi connectivity index (χ0n) is 12.9. The number of anilines is 1. The third-order valence-electron chi connectivity index (χ3n) is 3.37. The fourth-order valence-electron chi connectivity index (χ4n) is 2.16. The Bertz CT molecular complexity index is 939. The van der Waals surface area contributed by atoms with E-state index in [1.165, 1.54) is 11.3 Å². The highest BCUT2D eigenvalue weighted by atomic mass is 79.9. The summed E-state index contributed by atoms with van der Waals surface area (Å²) in [5.41, 5.74) is 2.39. The Hall–Kier alpha value is -2.26. The van der Waals surface area contributed by atoms with E-state index < -0.39 is 23.1 Å². The van der Waals surface area contributed by atoms with Gasteiger partial charge in [0, 0.05) is 16.5 Å². The summed E-state index contributed by atoms with van der Waals surface area (Å²) in [5, 5.41) is 5.87. The number of rotatable bonds is 4. The molecule has 0 fully saturated rings. The first-order valence-electron chi connectivity index (χ1n) is 7.21. The van der Waals surface area contributed by atoms with Gasteiger partial charge >= 0.3 is 6.18 Å². The lowest BCUT2D eigenvalue weighted by Crippen LogP contribution is -2.11. The molecule has 1 heterocycles. The summed E-state index contributed by atoms with van der Waals surface area (Å²) >= 11 is 4.11. The van der Waals surface area contributed by atoms with Crippen LogP contribution >= 0.6 is 27.3 Å². The topological polar surface area (TPSA) is 37.3 Å². The molecule has 3 aromatic rings. The molecule has 0 bridgehead atoms. The van der Waals surface area contributed by atoms with Crippen molar-refractivity contribution in [1.29, 1.82) is 0 Å². The Kier molecular flexibility index (Phi) is 5.38. The highest BCUT2D eigenvalue weighted by Gasteiger charge is 2.34. The largest absolute Gasteiger partial charge is 0.417 e. The van der Waals surface area contributed by atoms with Gasteiger partial charge in [-0.05, 0) is 28.1 Å². The maximum absolute atomic E-state index is 14.1. The summed E-state index contributed by atoms with van der Waals surface area (Å²) in [5.74, 6) is -1.03. The van der Waals surface area contributed by atoms with Crippen molar-refractivity contribution in [1.82, 2.24) is 4.98 Å². The Labute approximate surface area is 158 Å². The Balaban J connectivity index is 1.82. The molecule has 0 aliphatic heterocycles. The van der Waals surface area contributed by atoms with Gasteiger partial charge < -0.3 is 0 Å². The van der Waals surface area contributed by atoms with Gasteiger partial charge in [0.2, 0.25) is 5.13 Å². The van der Waals surface area contributed by atoms with Crippen LogP contribution in [-0.2, 0) is 6.18 Å². The van der Waals surface area contributed by atoms with Crippen LogP contribution < -0.4 is 5.43 Å². The smallest absolute Gasteiger partial charge is 0.253 e. The van der Waals surface area contributed by atoms with Crippen molar-refractivity contribution in [3.05, 3.63) is 69.3 Å². The SMILES string of the molecule is Fc1c(Br)ccc(C(F)(F)F)c1C=NNc1nc(-c2ccccc2)cs1. The fourth-order valence-corrected chi connectivity index (χ4v) is 3.17. The van der Waals surface area contributed by atoms with Crippen molar-refractivity contribution in [2.45, 2.75) is 6.18 Å². The fraction of sp³-hybridized carbons (Fsp3) is 0.0588. The molecule has 1 N–H and O–H groups in total. The molecule has 134 valence electrons. The Morgan fingerprint density at radius 2 is 1.85 bits per heavy atom. The molecule has 9 heteroatoms. The molecular weight excluding hydrogens is 434 g/mol. The molecule has 0 amide bonds. The number of halogens is 5. The summed E-state index contributed by atoms with van der Waals surface area (Å²) in [7, 11) is 0. The van der Waals surface area contributed by atoms with Gasteiger partial charge in [0.25, 0.3) is 0 Å². The van der Waals surface area contributed by atoms with Gasteiger partial charge in [-0.3, -0.25) is 5.43 Å². The second-order valence-corrected chi connectivity index (χ2v) is 6.81. The molecule has 0 radical (unpaired) electrons. The number of benzene rings is 2. The van der Waals surface area contributed by atoms with Gasteiger partial charge in [-0.2, -0.15) is 18.3 Å². The van der Waals surface area contributed by atoms with E-state index in [9.17, 15) is 17.6 Å². The van der Waals surface area contributed by atoms with Gasteiger partial charge in [-0.25, -0.2) is 9.37 Å². The normalized spacial score (nSPS) is 11.9. The molecule has 3 nitrogen and oxygen atoms in total. The van der Waals surface area contributed by atoms with Crippen LogP contribution in [0.15, 0.2) is 57.4 Å². The van der Waals surface area contributed by atoms with E-state index in [2.05, 4.69) is 31.4 Å². The number of nitrogens with zero attached hydrogens (tertiary/aromatic N) is 2. The molecule has 0 spiro atoms. The minimum absolute atomic E-state index is 0.0763. The van der Waals surface area contributed by atoms with Gasteiger partial charge in [-0.1, -0.05) is 30.3 Å². The number of hydrogen-bond donors (Lipinski definition) is 1. The third-order valence-corrected chi connectivity index (χ3v) is 4.73. The maximum Gasteiger partial charge on any atom is 0.417 e. The summed E-state index contributed by atoms with van der Waals surface area (Å²) in [6, 6.07) is 11.2. The van der Waals surface area contributed by atoms with Crippen molar-refractivity contribution < 1.29 is 17.6 Å². The predicted octanol–water partition coefficient (Wildman–Crippen LogP) is 6.18. The quantitative estimate of drug-likeness (QED) is 0.297. The van der Waals surface area contributed by atoms with E-state index in [4.69, 9.17) is 0 Å². The number of alkyl halides is 3. The summed E-state index contributed by atoms with van der Waals surface area (Å²) in [6.45, 7) is 0. The average molecular weight is 444 g/mol. The monoisotopic (exact) mass is 443 g/mol. The number of hydrazone groups is 1. The van der Waals surface area contributed by atoms with E-state index in [0.29, 0.717) is 10.8 Å². The van der Waals surface area contributed by atoms with Gasteiger partial charge in [0.15, 0.2) is 0 Å². The van der Waals surface area contributed by atoms with Crippen molar-refractivity contribution in [3.63, 3.8) is 0 Å². The Morgan fingerprint density at radius 1 is 1.12 bits per heavy atom. The average Bonchev–Trinajstić information content (AvgIpc) is 3.07. The molecule has 3 rings (SSSR count). The van der Waals surface area contributed by atoms with Crippen LogP contribution in [0.3, 0.4) is 0 Å². The maximum atomic E-state index is 14.1. The van der Waals surface area contributed by atoms with Crippen molar-refractivity contribution >= 4 is 38.6 Å². The van der Waals surface area contributed by atoms with Crippen molar-refractivity contribution in [2.24, 2.45) is 5.10 Å². The lowest BCUT2D eigenvalue weighted by Gasteiger charge is -2.11. The van der Waals surface area contributed by atoms with Gasteiger partial charge in [0.05, 0.1) is 21.9 Å². The molecule has 0 aliphatic carbocycles. The lowest BCUT2D eigenvalue weighted by molar-refractivity contribution is -0.137. The molecule has 0 saturated carbocycles. The minimum atomic E-state index is -4.69. The number of thiazole rings is 1. The summed E-state index contributed by atoms with van der Waals surface area (Å²) < 4.78 is 53.1. The first kappa shape index (κ1) is 18.5. The second-order valence-electron chi connectivity index (χ2n) is 5.09. The Morgan fingerprint density at radius 3 is 2.54 bits per heavy atom. The van der Waals surface area contributed by atoms with Crippen LogP contribution in [0.25, 0.3) is 11.3 Å². The van der Waals surface area contributed by atoms with Crippen LogP contribution in [0.5, 0.6) is 0 Å². The number of nitrogens with one attached hydrogen (secondary N) is 1. The van der Waals surface area contributed by atoms with Crippen LogP contribution in [-0.4, -0.2) is 11.2 Å². The van der Waals surface area contributed by atoms with Crippen LogP contribution in [0, 0.1) is 5.82 Å². The molecule has 2 aromatic carbocycles. The molecule has 0 aliphatic rings. The van der Waals surface area contributed by atoms with E-state index in [-0.39, 0.29) is 4.47 Å². The highest BCUT2D eigenvalue weighted by molar-refractivity contribution is 9.10. The molecular formula is C17H10BrF4N3S. The first-order chi connectivity index (χ1) is 12.4. The predicted molar refractivity (Wildman–Crippen MR) is 97.9 cm³/mol. The summed E-state index contributed by atoms with van der Waals surface area (Å²) in [4.78, 5) is 4.29. The van der Waals surface area contributed by atoms with Gasteiger partial charge in [-0.15, -0.1) is 11.3 Å². The number of aromatic nitrogens is 1. The van der Waals surface area contributed by atoms with Crippen molar-refractivity contribution in [3.8, 4) is 11.3 Å². The van der Waals surface area contributed by atoms with Crippen LogP contribution in [0.4, 0.5) is 22.7 Å². The van der Waals surface area contributed by atoms with Gasteiger partial charge in [0.1, 0.15) is 5.82 Å². The molecule has 0 atom stereocenters. The van der Waals surface area contributed by atoms with Crippen LogP contribution in [0.1, 0.15) is 11.1 Å². The van der Waals surface area contributed by atoms with E-state index >= 15 is 0 Å². The molecule has 0 unspecified atom stereocenters. The van der Waals surface area contributed by atoms with E-state index in [1.807, 2.05) is 30.3 Å². The zero-order chi connectivity index (χ0) is 18.7. The summed E-state index contributed by atoms with van der Waals surface area (Å²) in [6.07, 6.45) is -3.89. The lowest BCUT2D eigenvalue weighted by atomic mass is 10.1. The van der Waals surface area contributed by atoms with Crippen molar-refractivity contribution in [2.75, 3.05) is 5.43 Å². The molecule has 26 heavy (non-hydrogen) atoms. The molecule has 1 aromatic heterocycles. The standard InChI is InChI=1S/C17H10BrF4N3S/c18-13-7-6-12(17(20,21)22)11(15(13)19)8-23-25-16-24-14(9-26-16)10-4-2-1-3-5-10/h1-9H,(H,24,25). The van der Waals surface area contributed by atoms with E-state index in [0.717, 1.165) is 23.9 Å². The van der Waals surface area contributed by atoms with Crippen LogP contribution in [0.2, 0.25) is 0 Å².